The Morgan fingerprint density at radius 2 is 1.83 bits per heavy atom. The maximum absolute atomic E-state index is 13.7. The highest BCUT2D eigenvalue weighted by atomic mass is 16.3. The topological polar surface area (TPSA) is 83.5 Å². The molecule has 5 nitrogen and oxygen atoms in total. The quantitative estimate of drug-likeness (QED) is 0.549. The van der Waals surface area contributed by atoms with Gasteiger partial charge in [-0.05, 0) is 44.9 Å². The molecule has 3 aliphatic rings. The molecule has 6 atom stereocenters. The fourth-order valence-corrected chi connectivity index (χ4v) is 5.72. The normalized spacial score (nSPS) is 40.4. The van der Waals surface area contributed by atoms with E-state index in [0.717, 1.165) is 12.0 Å². The van der Waals surface area contributed by atoms with Crippen LogP contribution in [0.15, 0.2) is 23.3 Å². The van der Waals surface area contributed by atoms with Crippen molar-refractivity contribution in [3.63, 3.8) is 0 Å². The third kappa shape index (κ3) is 3.74. The van der Waals surface area contributed by atoms with Gasteiger partial charge in [0, 0.05) is 30.7 Å². The van der Waals surface area contributed by atoms with Gasteiger partial charge in [0.05, 0.1) is 0 Å². The first-order valence-electron chi connectivity index (χ1n) is 11.0. The number of hydrogen-bond donors (Lipinski definition) is 2. The third-order valence-electron chi connectivity index (χ3n) is 7.31. The van der Waals surface area contributed by atoms with E-state index in [2.05, 4.69) is 39.1 Å². The first kappa shape index (κ1) is 21.9. The first-order chi connectivity index (χ1) is 13.6. The van der Waals surface area contributed by atoms with Gasteiger partial charge in [-0.1, -0.05) is 44.1 Å². The molecule has 1 unspecified atom stereocenters. The van der Waals surface area contributed by atoms with Crippen molar-refractivity contribution in [3.05, 3.63) is 23.3 Å². The molecule has 1 fully saturated rings. The molecule has 2 N–H and O–H groups in total. The van der Waals surface area contributed by atoms with E-state index < -0.39 is 11.5 Å². The second-order valence-corrected chi connectivity index (χ2v) is 9.79. The lowest BCUT2D eigenvalue weighted by Crippen LogP contribution is -2.52. The van der Waals surface area contributed by atoms with Gasteiger partial charge in [0.15, 0.2) is 5.78 Å². The van der Waals surface area contributed by atoms with Gasteiger partial charge in [0.25, 0.3) is 0 Å². The number of nitrogens with one attached hydrogen (secondary N) is 1. The van der Waals surface area contributed by atoms with Crippen LogP contribution in [-0.4, -0.2) is 34.7 Å². The average Bonchev–Trinajstić information content (AvgIpc) is 2.93. The van der Waals surface area contributed by atoms with E-state index in [1.807, 2.05) is 13.0 Å². The zero-order chi connectivity index (χ0) is 21.5. The van der Waals surface area contributed by atoms with Crippen molar-refractivity contribution in [1.82, 2.24) is 5.32 Å². The summed E-state index contributed by atoms with van der Waals surface area (Å²) in [5.74, 6) is -0.438. The van der Waals surface area contributed by atoms with Crippen LogP contribution in [0.4, 0.5) is 0 Å². The molecule has 29 heavy (non-hydrogen) atoms. The summed E-state index contributed by atoms with van der Waals surface area (Å²) in [5.41, 5.74) is 1.05. The summed E-state index contributed by atoms with van der Waals surface area (Å²) >= 11 is 0. The molecule has 0 radical (unpaired) electrons. The SMILES string of the molecule is CC1=C[C@@H]2/C=C(\C)CCC(=O)[C@@H](O)CCC(=O)C23C(=O)N[C@@H](CC(C)C)[C@@H]3[C@@H]1C. The maximum Gasteiger partial charge on any atom is 0.235 e. The van der Waals surface area contributed by atoms with Gasteiger partial charge >= 0.3 is 0 Å². The van der Waals surface area contributed by atoms with E-state index in [4.69, 9.17) is 0 Å². The monoisotopic (exact) mass is 401 g/mol. The number of amides is 1. The highest BCUT2D eigenvalue weighted by Gasteiger charge is 2.65. The summed E-state index contributed by atoms with van der Waals surface area (Å²) < 4.78 is 0. The molecule has 1 spiro atoms. The molecular weight excluding hydrogens is 366 g/mol. The standard InChI is InChI=1S/C24H35NO4/c1-13(2)10-18-22-16(5)15(4)12-17-11-14(3)6-7-19(26)20(27)8-9-21(28)24(17,22)23(29)25-18/h11-13,16-18,20,22,27H,6-10H2,1-5H3,(H,25,29)/b14-11+/t16-,17+,18+,20+,22+,24?/m1/s1. The Morgan fingerprint density at radius 1 is 1.14 bits per heavy atom. The van der Waals surface area contributed by atoms with E-state index in [9.17, 15) is 19.5 Å². The molecule has 0 aromatic carbocycles. The van der Waals surface area contributed by atoms with Crippen molar-refractivity contribution >= 4 is 17.5 Å². The van der Waals surface area contributed by atoms with Gasteiger partial charge < -0.3 is 10.4 Å². The lowest BCUT2D eigenvalue weighted by molar-refractivity contribution is -0.145. The van der Waals surface area contributed by atoms with Crippen LogP contribution in [0.3, 0.4) is 0 Å². The Labute approximate surface area is 174 Å². The molecule has 0 aromatic rings. The predicted octanol–water partition coefficient (Wildman–Crippen LogP) is 3.37. The Bertz CT molecular complexity index is 765. The fraction of sp³-hybridized carbons (Fsp3) is 0.708. The van der Waals surface area contributed by atoms with Gasteiger partial charge in [-0.15, -0.1) is 0 Å². The largest absolute Gasteiger partial charge is 0.385 e. The summed E-state index contributed by atoms with van der Waals surface area (Å²) in [5, 5.41) is 13.4. The van der Waals surface area contributed by atoms with Gasteiger partial charge in [-0.3, -0.25) is 14.4 Å². The van der Waals surface area contributed by atoms with E-state index in [1.54, 1.807) is 0 Å². The van der Waals surface area contributed by atoms with Crippen molar-refractivity contribution in [2.24, 2.45) is 29.1 Å². The van der Waals surface area contributed by atoms with E-state index in [1.165, 1.54) is 5.57 Å². The number of rotatable bonds is 2. The molecule has 2 aliphatic carbocycles. The van der Waals surface area contributed by atoms with Crippen molar-refractivity contribution in [2.75, 3.05) is 0 Å². The van der Waals surface area contributed by atoms with Crippen LogP contribution in [0.25, 0.3) is 0 Å². The van der Waals surface area contributed by atoms with Crippen LogP contribution >= 0.6 is 0 Å². The smallest absolute Gasteiger partial charge is 0.235 e. The zero-order valence-corrected chi connectivity index (χ0v) is 18.3. The number of allylic oxidation sites excluding steroid dienone is 4. The summed E-state index contributed by atoms with van der Waals surface area (Å²) in [7, 11) is 0. The highest BCUT2D eigenvalue weighted by Crippen LogP contribution is 2.55. The van der Waals surface area contributed by atoms with Crippen molar-refractivity contribution in [3.8, 4) is 0 Å². The van der Waals surface area contributed by atoms with Crippen molar-refractivity contribution in [1.29, 1.82) is 0 Å². The molecule has 3 rings (SSSR count). The second-order valence-electron chi connectivity index (χ2n) is 9.79. The van der Waals surface area contributed by atoms with Crippen molar-refractivity contribution < 1.29 is 19.5 Å². The van der Waals surface area contributed by atoms with Crippen LogP contribution in [0, 0.1) is 29.1 Å². The number of aliphatic hydroxyl groups excluding tert-OH is 1. The molecule has 0 aromatic heterocycles. The number of Topliss-reactive ketones (excluding diaryl/α,β-unsaturated/α-hetero) is 2. The number of carbonyl (C=O) groups excluding carboxylic acids is 3. The van der Waals surface area contributed by atoms with Gasteiger partial charge in [-0.25, -0.2) is 0 Å². The van der Waals surface area contributed by atoms with Crippen LogP contribution < -0.4 is 5.32 Å². The van der Waals surface area contributed by atoms with E-state index >= 15 is 0 Å². The molecule has 0 saturated carbocycles. The van der Waals surface area contributed by atoms with Crippen LogP contribution in [0.5, 0.6) is 0 Å². The highest BCUT2D eigenvalue weighted by molar-refractivity contribution is 6.09. The number of aliphatic hydroxyl groups is 1. The third-order valence-corrected chi connectivity index (χ3v) is 7.31. The summed E-state index contributed by atoms with van der Waals surface area (Å²) in [6.45, 7) is 10.4. The number of hydrogen-bond acceptors (Lipinski definition) is 4. The molecule has 1 amide bonds. The summed E-state index contributed by atoms with van der Waals surface area (Å²) in [6, 6.07) is -0.0435. The summed E-state index contributed by atoms with van der Waals surface area (Å²) in [6.07, 6.45) is 4.78. The van der Waals surface area contributed by atoms with Gasteiger partial charge in [0.2, 0.25) is 5.91 Å². The number of carbonyl (C=O) groups is 3. The molecule has 1 aliphatic heterocycles. The Morgan fingerprint density at radius 3 is 2.48 bits per heavy atom. The molecule has 5 heteroatoms. The van der Waals surface area contributed by atoms with Crippen molar-refractivity contribution in [2.45, 2.75) is 78.9 Å². The number of ketones is 2. The lowest BCUT2D eigenvalue weighted by Gasteiger charge is -2.45. The van der Waals surface area contributed by atoms with E-state index in [0.29, 0.717) is 12.3 Å². The second kappa shape index (κ2) is 8.17. The predicted molar refractivity (Wildman–Crippen MR) is 112 cm³/mol. The minimum atomic E-state index is -1.15. The molecule has 0 bridgehead atoms. The van der Waals surface area contributed by atoms with E-state index in [-0.39, 0.29) is 60.5 Å². The lowest BCUT2D eigenvalue weighted by atomic mass is 9.54. The van der Waals surface area contributed by atoms with Crippen LogP contribution in [-0.2, 0) is 14.4 Å². The van der Waals surface area contributed by atoms with Crippen LogP contribution in [0.1, 0.15) is 66.7 Å². The molecular formula is C24H35NO4. The first-order valence-corrected chi connectivity index (χ1v) is 11.0. The molecule has 1 saturated heterocycles. The molecule has 1 heterocycles. The van der Waals surface area contributed by atoms with Gasteiger partial charge in [-0.2, -0.15) is 0 Å². The minimum absolute atomic E-state index is 0.0435. The fourth-order valence-electron chi connectivity index (χ4n) is 5.72. The minimum Gasteiger partial charge on any atom is -0.385 e. The maximum atomic E-state index is 13.7. The average molecular weight is 402 g/mol. The van der Waals surface area contributed by atoms with Crippen LogP contribution in [0.2, 0.25) is 0 Å². The molecule has 160 valence electrons. The Balaban J connectivity index is 2.16. The Kier molecular flexibility index (Phi) is 6.19. The van der Waals surface area contributed by atoms with Gasteiger partial charge in [0.1, 0.15) is 17.3 Å². The Hall–Kier alpha value is -1.75. The zero-order valence-electron chi connectivity index (χ0n) is 18.3. The summed E-state index contributed by atoms with van der Waals surface area (Å²) in [4.78, 5) is 39.4.